The van der Waals surface area contributed by atoms with Gasteiger partial charge in [0.1, 0.15) is 0 Å². The van der Waals surface area contributed by atoms with E-state index in [1.54, 1.807) is 0 Å². The van der Waals surface area contributed by atoms with Gasteiger partial charge in [0.25, 0.3) is 0 Å². The Hall–Kier alpha value is -1.99. The third-order valence-corrected chi connectivity index (χ3v) is 8.62. The summed E-state index contributed by atoms with van der Waals surface area (Å²) in [5.41, 5.74) is 1.77. The van der Waals surface area contributed by atoms with E-state index in [0.717, 1.165) is 87.1 Å². The van der Waals surface area contributed by atoms with Crippen LogP contribution in [-0.4, -0.2) is 49.5 Å². The molecule has 0 spiro atoms. The normalized spacial score (nSPS) is 32.6. The van der Waals surface area contributed by atoms with Crippen LogP contribution in [0.2, 0.25) is 0 Å². The molecule has 4 saturated carbocycles. The van der Waals surface area contributed by atoms with E-state index in [4.69, 9.17) is 14.7 Å². The minimum Gasteiger partial charge on any atom is -0.477 e. The van der Waals surface area contributed by atoms with Crippen molar-refractivity contribution in [2.24, 2.45) is 5.41 Å². The Balaban J connectivity index is 1.43. The molecule has 2 aromatic rings. The van der Waals surface area contributed by atoms with Crippen LogP contribution in [-0.2, 0) is 0 Å². The molecule has 180 valence electrons. The van der Waals surface area contributed by atoms with E-state index in [1.165, 1.54) is 0 Å². The van der Waals surface area contributed by atoms with Crippen molar-refractivity contribution < 1.29 is 14.9 Å². The van der Waals surface area contributed by atoms with Crippen molar-refractivity contribution in [1.82, 2.24) is 15.0 Å². The van der Waals surface area contributed by atoms with Gasteiger partial charge in [0.15, 0.2) is 0 Å². The molecule has 3 N–H and O–H groups in total. The Morgan fingerprint density at radius 1 is 1.06 bits per heavy atom. The summed E-state index contributed by atoms with van der Waals surface area (Å²) in [6, 6.07) is 0.295. The number of aliphatic hydroxyl groups excluding tert-OH is 1. The van der Waals surface area contributed by atoms with Crippen LogP contribution in [0.4, 0.5) is 5.95 Å². The van der Waals surface area contributed by atoms with Gasteiger partial charge < -0.3 is 20.3 Å². The lowest BCUT2D eigenvalue weighted by atomic mass is 9.59. The van der Waals surface area contributed by atoms with E-state index >= 15 is 0 Å². The van der Waals surface area contributed by atoms with Crippen LogP contribution in [0, 0.1) is 5.41 Å². The van der Waals surface area contributed by atoms with Gasteiger partial charge in [-0.15, -0.1) is 0 Å². The van der Waals surface area contributed by atoms with E-state index in [1.807, 2.05) is 12.4 Å². The first-order chi connectivity index (χ1) is 15.9. The number of aromatic nitrogens is 3. The number of anilines is 1. The predicted molar refractivity (Wildman–Crippen MR) is 129 cm³/mol. The molecule has 7 heteroatoms. The highest BCUT2D eigenvalue weighted by Crippen LogP contribution is 2.52. The van der Waals surface area contributed by atoms with E-state index in [0.29, 0.717) is 30.4 Å². The number of rotatable bonds is 7. The first-order valence-corrected chi connectivity index (χ1v) is 12.8. The Morgan fingerprint density at radius 2 is 1.76 bits per heavy atom. The number of fused-ring (bicyclic) bond motifs is 4. The maximum Gasteiger partial charge on any atom is 0.224 e. The molecule has 2 heterocycles. The summed E-state index contributed by atoms with van der Waals surface area (Å²) in [5.74, 6) is 1.60. The zero-order valence-electron chi connectivity index (χ0n) is 20.0. The maximum absolute atomic E-state index is 10.5. The molecule has 2 bridgehead atoms. The molecule has 7 nitrogen and oxygen atoms in total. The van der Waals surface area contributed by atoms with Crippen molar-refractivity contribution in [2.75, 3.05) is 11.9 Å². The summed E-state index contributed by atoms with van der Waals surface area (Å²) in [6.45, 7) is 4.91. The fraction of sp³-hybridized carbons (Fsp3) is 0.731. The quantitative estimate of drug-likeness (QED) is 0.557. The first kappa shape index (κ1) is 22.8. The van der Waals surface area contributed by atoms with Gasteiger partial charge >= 0.3 is 0 Å². The Labute approximate surface area is 196 Å². The number of aliphatic hydroxyl groups is 2. The van der Waals surface area contributed by atoms with Crippen LogP contribution in [0.25, 0.3) is 10.9 Å². The van der Waals surface area contributed by atoms with Gasteiger partial charge in [-0.1, -0.05) is 6.92 Å². The zero-order chi connectivity index (χ0) is 23.1. The van der Waals surface area contributed by atoms with Crippen molar-refractivity contribution in [1.29, 1.82) is 0 Å². The van der Waals surface area contributed by atoms with E-state index in [9.17, 15) is 10.2 Å². The van der Waals surface area contributed by atoms with Crippen LogP contribution >= 0.6 is 0 Å². The molecule has 0 aliphatic heterocycles. The second-order valence-corrected chi connectivity index (χ2v) is 10.9. The smallest absolute Gasteiger partial charge is 0.224 e. The van der Waals surface area contributed by atoms with E-state index in [2.05, 4.69) is 24.1 Å². The summed E-state index contributed by atoms with van der Waals surface area (Å²) < 4.78 is 6.38. The molecular weight excluding hydrogens is 416 g/mol. The molecule has 6 rings (SSSR count). The molecule has 4 aliphatic rings. The molecular formula is C26H38N4O3. The fourth-order valence-corrected chi connectivity index (χ4v) is 5.89. The fourth-order valence-electron chi connectivity index (χ4n) is 5.89. The monoisotopic (exact) mass is 454 g/mol. The molecule has 0 aromatic carbocycles. The van der Waals surface area contributed by atoms with Crippen LogP contribution in [0.5, 0.6) is 5.88 Å². The minimum atomic E-state index is -0.436. The van der Waals surface area contributed by atoms with Crippen LogP contribution in [0.1, 0.15) is 96.0 Å². The van der Waals surface area contributed by atoms with Crippen molar-refractivity contribution >= 4 is 16.9 Å². The molecule has 33 heavy (non-hydrogen) atoms. The molecule has 1 atom stereocenters. The van der Waals surface area contributed by atoms with Crippen molar-refractivity contribution in [3.8, 4) is 5.88 Å². The number of hydrogen-bond donors (Lipinski definition) is 3. The summed E-state index contributed by atoms with van der Waals surface area (Å²) in [7, 11) is 0. The second-order valence-electron chi connectivity index (χ2n) is 10.9. The topological polar surface area (TPSA) is 100 Å². The lowest BCUT2D eigenvalue weighted by Gasteiger charge is -2.50. The molecule has 4 fully saturated rings. The van der Waals surface area contributed by atoms with Gasteiger partial charge in [-0.05, 0) is 83.5 Å². The van der Waals surface area contributed by atoms with Crippen LogP contribution < -0.4 is 10.1 Å². The average Bonchev–Trinajstić information content (AvgIpc) is 2.84. The standard InChI is InChI=1S/C26H38N4O3/c1-3-17(2)29-24-28-15-21-22(30-24)20(18-4-6-19(31)7-5-18)14-27-23(21)33-16-25-8-11-26(32,12-9-25)13-10-25/h14-15,17-19,31-32H,3-13,16H2,1-2H3,(H,28,29,30)/t17-,18?,19?,25?,26?/m0/s1. The number of ether oxygens (including phenoxy) is 1. The molecule has 0 amide bonds. The first-order valence-electron chi connectivity index (χ1n) is 12.8. The lowest BCUT2D eigenvalue weighted by Crippen LogP contribution is -2.48. The van der Waals surface area contributed by atoms with Gasteiger partial charge in [0, 0.05) is 29.4 Å². The average molecular weight is 455 g/mol. The molecule has 2 aromatic heterocycles. The van der Waals surface area contributed by atoms with Gasteiger partial charge in [-0.25, -0.2) is 15.0 Å². The Morgan fingerprint density at radius 3 is 2.42 bits per heavy atom. The lowest BCUT2D eigenvalue weighted by molar-refractivity contribution is -0.104. The highest BCUT2D eigenvalue weighted by Gasteiger charge is 2.48. The number of nitrogens with zero attached hydrogens (tertiary/aromatic N) is 3. The molecule has 0 radical (unpaired) electrons. The molecule has 0 saturated heterocycles. The number of hydrogen-bond acceptors (Lipinski definition) is 7. The van der Waals surface area contributed by atoms with Crippen LogP contribution in [0.15, 0.2) is 12.4 Å². The molecule has 0 unspecified atom stereocenters. The largest absolute Gasteiger partial charge is 0.477 e. The molecule has 4 aliphatic carbocycles. The van der Waals surface area contributed by atoms with Gasteiger partial charge in [-0.3, -0.25) is 0 Å². The summed E-state index contributed by atoms with van der Waals surface area (Å²) in [4.78, 5) is 14.3. The van der Waals surface area contributed by atoms with Gasteiger partial charge in [0.05, 0.1) is 29.2 Å². The third-order valence-electron chi connectivity index (χ3n) is 8.62. The van der Waals surface area contributed by atoms with Crippen molar-refractivity contribution in [2.45, 2.75) is 108 Å². The van der Waals surface area contributed by atoms with Gasteiger partial charge in [0.2, 0.25) is 11.8 Å². The van der Waals surface area contributed by atoms with Crippen molar-refractivity contribution in [3.63, 3.8) is 0 Å². The SMILES string of the molecule is CC[C@H](C)Nc1ncc2c(OCC34CCC(O)(CC3)CC4)ncc(C3CCC(O)CC3)c2n1. The van der Waals surface area contributed by atoms with Crippen molar-refractivity contribution in [3.05, 3.63) is 18.0 Å². The maximum atomic E-state index is 10.5. The number of nitrogens with one attached hydrogen (secondary N) is 1. The predicted octanol–water partition coefficient (Wildman–Crippen LogP) is 4.72. The number of pyridine rings is 1. The third kappa shape index (κ3) is 4.67. The summed E-state index contributed by atoms with van der Waals surface area (Å²) >= 11 is 0. The Kier molecular flexibility index (Phi) is 6.21. The Bertz CT molecular complexity index is 964. The van der Waals surface area contributed by atoms with Crippen LogP contribution in [0.3, 0.4) is 0 Å². The van der Waals surface area contributed by atoms with E-state index < -0.39 is 5.60 Å². The van der Waals surface area contributed by atoms with E-state index in [-0.39, 0.29) is 11.5 Å². The highest BCUT2D eigenvalue weighted by atomic mass is 16.5. The summed E-state index contributed by atoms with van der Waals surface area (Å²) in [5, 5.41) is 24.8. The highest BCUT2D eigenvalue weighted by molar-refractivity contribution is 5.86. The second kappa shape index (κ2) is 8.99. The van der Waals surface area contributed by atoms with Gasteiger partial charge in [-0.2, -0.15) is 0 Å². The summed E-state index contributed by atoms with van der Waals surface area (Å²) in [6.07, 6.45) is 13.8. The minimum absolute atomic E-state index is 0.148. The zero-order valence-corrected chi connectivity index (χ0v) is 20.0.